The summed E-state index contributed by atoms with van der Waals surface area (Å²) < 4.78 is 0. The molecular formula is C20H18N2O. The SMILES string of the molecule is C=Cc1ccccc1.Oc1ccccc1N=Nc1ccccc1. The molecule has 0 aliphatic carbocycles. The predicted octanol–water partition coefficient (Wildman–Crippen LogP) is 6.14. The van der Waals surface area contributed by atoms with Crippen molar-refractivity contribution >= 4 is 17.5 Å². The van der Waals surface area contributed by atoms with Crippen molar-refractivity contribution in [2.45, 2.75) is 0 Å². The van der Waals surface area contributed by atoms with Gasteiger partial charge in [0.1, 0.15) is 11.4 Å². The van der Waals surface area contributed by atoms with Crippen LogP contribution in [0.1, 0.15) is 5.56 Å². The highest BCUT2D eigenvalue weighted by molar-refractivity contribution is 5.50. The molecule has 0 saturated carbocycles. The van der Waals surface area contributed by atoms with Crippen molar-refractivity contribution in [3.8, 4) is 5.75 Å². The highest BCUT2D eigenvalue weighted by atomic mass is 16.3. The molecule has 0 heterocycles. The summed E-state index contributed by atoms with van der Waals surface area (Å²) in [6.45, 7) is 3.63. The normalized spacial score (nSPS) is 9.91. The quantitative estimate of drug-likeness (QED) is 0.580. The van der Waals surface area contributed by atoms with Gasteiger partial charge in [0.15, 0.2) is 0 Å². The summed E-state index contributed by atoms with van der Waals surface area (Å²) in [6, 6.07) is 26.3. The van der Waals surface area contributed by atoms with Gasteiger partial charge >= 0.3 is 0 Å². The van der Waals surface area contributed by atoms with Gasteiger partial charge in [-0.3, -0.25) is 0 Å². The van der Waals surface area contributed by atoms with E-state index in [0.29, 0.717) is 5.69 Å². The van der Waals surface area contributed by atoms with Crippen LogP contribution in [0.15, 0.2) is 102 Å². The molecule has 3 aromatic carbocycles. The molecule has 23 heavy (non-hydrogen) atoms. The van der Waals surface area contributed by atoms with Gasteiger partial charge in [-0.25, -0.2) is 0 Å². The maximum atomic E-state index is 9.43. The van der Waals surface area contributed by atoms with Crippen LogP contribution in [0.25, 0.3) is 6.08 Å². The van der Waals surface area contributed by atoms with Gasteiger partial charge < -0.3 is 5.11 Å². The Hall–Kier alpha value is -3.20. The van der Waals surface area contributed by atoms with Crippen LogP contribution in [0.2, 0.25) is 0 Å². The van der Waals surface area contributed by atoms with Gasteiger partial charge in [0.05, 0.1) is 5.69 Å². The molecule has 0 aliphatic rings. The molecule has 3 aromatic rings. The minimum Gasteiger partial charge on any atom is -0.506 e. The van der Waals surface area contributed by atoms with Crippen LogP contribution in [-0.4, -0.2) is 5.11 Å². The van der Waals surface area contributed by atoms with E-state index in [9.17, 15) is 5.11 Å². The molecule has 0 fully saturated rings. The number of phenolic OH excluding ortho intramolecular Hbond substituents is 1. The molecule has 0 saturated heterocycles. The largest absolute Gasteiger partial charge is 0.506 e. The van der Waals surface area contributed by atoms with Gasteiger partial charge in [0.25, 0.3) is 0 Å². The molecule has 3 nitrogen and oxygen atoms in total. The van der Waals surface area contributed by atoms with Crippen molar-refractivity contribution in [2.75, 3.05) is 0 Å². The van der Waals surface area contributed by atoms with E-state index in [4.69, 9.17) is 0 Å². The predicted molar refractivity (Wildman–Crippen MR) is 95.3 cm³/mol. The summed E-state index contributed by atoms with van der Waals surface area (Å²) >= 11 is 0. The maximum Gasteiger partial charge on any atom is 0.143 e. The monoisotopic (exact) mass is 302 g/mol. The van der Waals surface area contributed by atoms with Gasteiger partial charge in [0, 0.05) is 0 Å². The second kappa shape index (κ2) is 8.95. The Balaban J connectivity index is 0.000000203. The van der Waals surface area contributed by atoms with E-state index in [0.717, 1.165) is 5.69 Å². The molecule has 114 valence electrons. The number of benzene rings is 3. The second-order valence-electron chi connectivity index (χ2n) is 4.64. The Morgan fingerprint density at radius 2 is 1.26 bits per heavy atom. The first-order chi connectivity index (χ1) is 11.3. The molecule has 3 heteroatoms. The lowest BCUT2D eigenvalue weighted by Crippen LogP contribution is -1.66. The fourth-order valence-corrected chi connectivity index (χ4v) is 1.74. The van der Waals surface area contributed by atoms with E-state index in [2.05, 4.69) is 16.8 Å². The van der Waals surface area contributed by atoms with Crippen LogP contribution in [-0.2, 0) is 0 Å². The summed E-state index contributed by atoms with van der Waals surface area (Å²) in [7, 11) is 0. The molecule has 0 radical (unpaired) electrons. The van der Waals surface area contributed by atoms with Crippen molar-refractivity contribution in [1.82, 2.24) is 0 Å². The first-order valence-corrected chi connectivity index (χ1v) is 7.22. The number of rotatable bonds is 3. The minimum atomic E-state index is 0.136. The Kier molecular flexibility index (Phi) is 6.29. The first kappa shape index (κ1) is 16.2. The highest BCUT2D eigenvalue weighted by Gasteiger charge is 1.95. The van der Waals surface area contributed by atoms with E-state index in [1.54, 1.807) is 24.3 Å². The third-order valence-electron chi connectivity index (χ3n) is 2.95. The average molecular weight is 302 g/mol. The van der Waals surface area contributed by atoms with Crippen LogP contribution in [0.3, 0.4) is 0 Å². The second-order valence-corrected chi connectivity index (χ2v) is 4.64. The molecule has 0 atom stereocenters. The number of phenols is 1. The summed E-state index contributed by atoms with van der Waals surface area (Å²) in [5.41, 5.74) is 2.41. The molecule has 1 N–H and O–H groups in total. The van der Waals surface area contributed by atoms with Crippen molar-refractivity contribution in [3.05, 3.63) is 97.1 Å². The molecule has 0 bridgehead atoms. The third kappa shape index (κ3) is 5.59. The zero-order chi connectivity index (χ0) is 16.3. The van der Waals surface area contributed by atoms with Crippen LogP contribution in [0, 0.1) is 0 Å². The van der Waals surface area contributed by atoms with Crippen molar-refractivity contribution in [2.24, 2.45) is 10.2 Å². The van der Waals surface area contributed by atoms with Crippen LogP contribution in [0.4, 0.5) is 11.4 Å². The van der Waals surface area contributed by atoms with Crippen molar-refractivity contribution in [1.29, 1.82) is 0 Å². The molecule has 0 aliphatic heterocycles. The number of aromatic hydroxyl groups is 1. The van der Waals surface area contributed by atoms with Gasteiger partial charge in [-0.15, -0.1) is 5.11 Å². The van der Waals surface area contributed by atoms with E-state index >= 15 is 0 Å². The van der Waals surface area contributed by atoms with Crippen molar-refractivity contribution in [3.63, 3.8) is 0 Å². The van der Waals surface area contributed by atoms with E-state index in [-0.39, 0.29) is 5.75 Å². The Labute approximate surface area is 136 Å². The third-order valence-corrected chi connectivity index (χ3v) is 2.95. The van der Waals surface area contributed by atoms with Crippen LogP contribution in [0.5, 0.6) is 5.75 Å². The van der Waals surface area contributed by atoms with Gasteiger partial charge in [-0.2, -0.15) is 5.11 Å². The average Bonchev–Trinajstić information content (AvgIpc) is 2.63. The summed E-state index contributed by atoms with van der Waals surface area (Å²) in [6.07, 6.45) is 1.83. The lowest BCUT2D eigenvalue weighted by atomic mass is 10.2. The Morgan fingerprint density at radius 3 is 1.83 bits per heavy atom. The lowest BCUT2D eigenvalue weighted by molar-refractivity contribution is 0.476. The fraction of sp³-hybridized carbons (Fsp3) is 0. The number of azo groups is 1. The molecule has 3 rings (SSSR count). The van der Waals surface area contributed by atoms with Gasteiger partial charge in [0.2, 0.25) is 0 Å². The van der Waals surface area contributed by atoms with E-state index in [1.807, 2.05) is 66.7 Å². The topological polar surface area (TPSA) is 45.0 Å². The van der Waals surface area contributed by atoms with Crippen LogP contribution >= 0.6 is 0 Å². The van der Waals surface area contributed by atoms with Crippen LogP contribution < -0.4 is 0 Å². The number of hydrogen-bond acceptors (Lipinski definition) is 3. The van der Waals surface area contributed by atoms with Gasteiger partial charge in [-0.1, -0.05) is 73.3 Å². The molecule has 0 aromatic heterocycles. The van der Waals surface area contributed by atoms with E-state index < -0.39 is 0 Å². The standard InChI is InChI=1S/C12H10N2O.C8H8/c15-12-9-5-4-8-11(12)14-13-10-6-2-1-3-7-10;1-2-8-6-4-3-5-7-8/h1-9,15H;2-7H,1H2. The zero-order valence-electron chi connectivity index (χ0n) is 12.7. The van der Waals surface area contributed by atoms with E-state index in [1.165, 1.54) is 5.56 Å². The van der Waals surface area contributed by atoms with Crippen molar-refractivity contribution < 1.29 is 5.11 Å². The Morgan fingerprint density at radius 1 is 0.696 bits per heavy atom. The smallest absolute Gasteiger partial charge is 0.143 e. The minimum absolute atomic E-state index is 0.136. The fourth-order valence-electron chi connectivity index (χ4n) is 1.74. The van der Waals surface area contributed by atoms with Gasteiger partial charge in [-0.05, 0) is 29.8 Å². The highest BCUT2D eigenvalue weighted by Crippen LogP contribution is 2.26. The summed E-state index contributed by atoms with van der Waals surface area (Å²) in [5.74, 6) is 0.136. The molecule has 0 unspecified atom stereocenters. The zero-order valence-corrected chi connectivity index (χ0v) is 12.7. The Bertz CT molecular complexity index is 753. The summed E-state index contributed by atoms with van der Waals surface area (Å²) in [5, 5.41) is 17.4. The maximum absolute atomic E-state index is 9.43. The molecular weight excluding hydrogens is 284 g/mol. The summed E-state index contributed by atoms with van der Waals surface area (Å²) in [4.78, 5) is 0. The lowest BCUT2D eigenvalue weighted by Gasteiger charge is -1.95. The molecule has 0 spiro atoms. The number of nitrogens with zero attached hydrogens (tertiary/aromatic N) is 2. The number of hydrogen-bond donors (Lipinski definition) is 1. The number of para-hydroxylation sites is 1. The molecule has 0 amide bonds. The first-order valence-electron chi connectivity index (χ1n) is 7.22.